The predicted octanol–water partition coefficient (Wildman–Crippen LogP) is 5.50. The molecule has 2 aromatic carbocycles. The van der Waals surface area contributed by atoms with E-state index in [2.05, 4.69) is 4.90 Å². The van der Waals surface area contributed by atoms with E-state index >= 15 is 0 Å². The number of aryl methyl sites for hydroxylation is 1. The zero-order chi connectivity index (χ0) is 27.1. The summed E-state index contributed by atoms with van der Waals surface area (Å²) in [7, 11) is 1.59. The van der Waals surface area contributed by atoms with Crippen molar-refractivity contribution in [2.45, 2.75) is 58.2 Å². The van der Waals surface area contributed by atoms with Gasteiger partial charge in [-0.05, 0) is 48.9 Å². The van der Waals surface area contributed by atoms with Gasteiger partial charge in [0, 0.05) is 31.3 Å². The first kappa shape index (κ1) is 27.4. The summed E-state index contributed by atoms with van der Waals surface area (Å²) < 4.78 is 12.9. The molecule has 1 aliphatic carbocycles. The van der Waals surface area contributed by atoms with E-state index in [0.29, 0.717) is 24.0 Å². The maximum absolute atomic E-state index is 11.9. The van der Waals surface area contributed by atoms with Gasteiger partial charge in [-0.3, -0.25) is 14.3 Å². The van der Waals surface area contributed by atoms with Gasteiger partial charge >= 0.3 is 5.97 Å². The summed E-state index contributed by atoms with van der Waals surface area (Å²) in [5.74, 6) is 0.830. The molecule has 204 valence electrons. The molecule has 0 radical (unpaired) electrons. The van der Waals surface area contributed by atoms with Crippen LogP contribution in [-0.2, 0) is 17.9 Å². The molecule has 0 spiro atoms. The lowest BCUT2D eigenvalue weighted by molar-refractivity contribution is -0.138. The zero-order valence-electron chi connectivity index (χ0n) is 22.2. The van der Waals surface area contributed by atoms with E-state index in [-0.39, 0.29) is 37.4 Å². The normalized spacial score (nSPS) is 14.6. The van der Waals surface area contributed by atoms with Gasteiger partial charge in [0.25, 0.3) is 0 Å². The van der Waals surface area contributed by atoms with Gasteiger partial charge in [-0.2, -0.15) is 0 Å². The number of carboxylic acid groups (broad SMARTS) is 1. The third kappa shape index (κ3) is 7.01. The molecule has 0 aliphatic heterocycles. The summed E-state index contributed by atoms with van der Waals surface area (Å²) in [5.41, 5.74) is 3.17. The predicted molar refractivity (Wildman–Crippen MR) is 145 cm³/mol. The van der Waals surface area contributed by atoms with Gasteiger partial charge in [0.1, 0.15) is 6.61 Å². The van der Waals surface area contributed by atoms with E-state index in [0.717, 1.165) is 23.2 Å². The number of aromatic hydroxyl groups is 2. The van der Waals surface area contributed by atoms with Crippen LogP contribution in [0.1, 0.15) is 54.8 Å². The smallest absolute Gasteiger partial charge is 0.305 e. The molecule has 1 aromatic heterocycles. The highest BCUT2D eigenvalue weighted by molar-refractivity contribution is 5.68. The minimum atomic E-state index is -0.812. The Morgan fingerprint density at radius 2 is 1.71 bits per heavy atom. The number of aromatic nitrogens is 1. The lowest BCUT2D eigenvalue weighted by Gasteiger charge is -2.33. The van der Waals surface area contributed by atoms with Gasteiger partial charge < -0.3 is 24.8 Å². The second-order valence-corrected chi connectivity index (χ2v) is 10.1. The van der Waals surface area contributed by atoms with Crippen molar-refractivity contribution in [1.29, 1.82) is 0 Å². The van der Waals surface area contributed by atoms with E-state index in [9.17, 15) is 20.1 Å². The second-order valence-electron chi connectivity index (χ2n) is 10.1. The van der Waals surface area contributed by atoms with E-state index in [1.807, 2.05) is 49.4 Å². The summed E-state index contributed by atoms with van der Waals surface area (Å²) in [6.07, 6.45) is 4.84. The van der Waals surface area contributed by atoms with Gasteiger partial charge in [0.15, 0.2) is 23.3 Å². The molecule has 0 bridgehead atoms. The SMILES string of the molecule is COc1cc(CN(CC2CCCC2)C(CC(=O)O)c2ccc(C)cc2)ccc1OCCn1c(O)ccc1O. The Hall–Kier alpha value is -3.65. The number of methoxy groups -OCH3 is 1. The molecule has 0 saturated heterocycles. The molecular weight excluding hydrogens is 484 g/mol. The van der Waals surface area contributed by atoms with Gasteiger partial charge in [-0.15, -0.1) is 0 Å². The van der Waals surface area contributed by atoms with E-state index in [1.54, 1.807) is 7.11 Å². The van der Waals surface area contributed by atoms with Crippen molar-refractivity contribution < 1.29 is 29.6 Å². The van der Waals surface area contributed by atoms with Gasteiger partial charge in [-0.1, -0.05) is 48.7 Å². The van der Waals surface area contributed by atoms with Gasteiger partial charge in [-0.25, -0.2) is 0 Å². The monoisotopic (exact) mass is 522 g/mol. The molecule has 3 N–H and O–H groups in total. The summed E-state index contributed by atoms with van der Waals surface area (Å²) in [6, 6.07) is 16.6. The number of nitrogens with zero attached hydrogens (tertiary/aromatic N) is 2. The molecule has 1 fully saturated rings. The van der Waals surface area contributed by atoms with Crippen LogP contribution in [0.15, 0.2) is 54.6 Å². The second kappa shape index (κ2) is 12.7. The Morgan fingerprint density at radius 3 is 2.34 bits per heavy atom. The third-order valence-corrected chi connectivity index (χ3v) is 7.36. The van der Waals surface area contributed by atoms with Crippen LogP contribution >= 0.6 is 0 Å². The van der Waals surface area contributed by atoms with Crippen LogP contribution in [-0.4, -0.2) is 51.0 Å². The van der Waals surface area contributed by atoms with Crippen molar-refractivity contribution in [3.8, 4) is 23.3 Å². The number of carboxylic acids is 1. The first-order chi connectivity index (χ1) is 18.3. The average molecular weight is 523 g/mol. The number of aliphatic carboxylic acids is 1. The first-order valence-electron chi connectivity index (χ1n) is 13.2. The molecule has 1 heterocycles. The summed E-state index contributed by atoms with van der Waals surface area (Å²) >= 11 is 0. The highest BCUT2D eigenvalue weighted by atomic mass is 16.5. The maximum Gasteiger partial charge on any atom is 0.305 e. The van der Waals surface area contributed by atoms with Crippen LogP contribution in [0.3, 0.4) is 0 Å². The van der Waals surface area contributed by atoms with Crippen LogP contribution in [0.2, 0.25) is 0 Å². The topological polar surface area (TPSA) is 104 Å². The number of ether oxygens (including phenoxy) is 2. The largest absolute Gasteiger partial charge is 0.494 e. The molecule has 4 rings (SSSR count). The van der Waals surface area contributed by atoms with Gasteiger partial charge in [0.2, 0.25) is 0 Å². The molecule has 8 heteroatoms. The lowest BCUT2D eigenvalue weighted by atomic mass is 9.97. The summed E-state index contributed by atoms with van der Waals surface area (Å²) in [6.45, 7) is 3.97. The minimum absolute atomic E-state index is 0.0275. The summed E-state index contributed by atoms with van der Waals surface area (Å²) in [4.78, 5) is 14.2. The lowest BCUT2D eigenvalue weighted by Crippen LogP contribution is -2.34. The fourth-order valence-electron chi connectivity index (χ4n) is 5.32. The Morgan fingerprint density at radius 1 is 1.03 bits per heavy atom. The number of carbonyl (C=O) groups is 1. The highest BCUT2D eigenvalue weighted by Crippen LogP contribution is 2.34. The minimum Gasteiger partial charge on any atom is -0.494 e. The van der Waals surface area contributed by atoms with Crippen LogP contribution in [0, 0.1) is 12.8 Å². The quantitative estimate of drug-likeness (QED) is 0.272. The average Bonchev–Trinajstić information content (AvgIpc) is 3.53. The van der Waals surface area contributed by atoms with E-state index in [4.69, 9.17) is 9.47 Å². The van der Waals surface area contributed by atoms with Crippen molar-refractivity contribution in [1.82, 2.24) is 9.47 Å². The van der Waals surface area contributed by atoms with Crippen molar-refractivity contribution in [2.24, 2.45) is 5.92 Å². The fourth-order valence-corrected chi connectivity index (χ4v) is 5.32. The Kier molecular flexibility index (Phi) is 9.18. The molecular formula is C30H38N2O6. The Labute approximate surface area is 224 Å². The highest BCUT2D eigenvalue weighted by Gasteiger charge is 2.27. The molecule has 0 amide bonds. The molecule has 3 aromatic rings. The van der Waals surface area contributed by atoms with Gasteiger partial charge in [0.05, 0.1) is 20.1 Å². The molecule has 1 saturated carbocycles. The maximum atomic E-state index is 11.9. The molecule has 8 nitrogen and oxygen atoms in total. The van der Waals surface area contributed by atoms with Crippen molar-refractivity contribution >= 4 is 5.97 Å². The van der Waals surface area contributed by atoms with Crippen molar-refractivity contribution in [3.05, 3.63) is 71.3 Å². The van der Waals surface area contributed by atoms with Crippen LogP contribution in [0.25, 0.3) is 0 Å². The number of hydrogen-bond acceptors (Lipinski definition) is 6. The molecule has 1 atom stereocenters. The van der Waals surface area contributed by atoms with Crippen LogP contribution in [0.4, 0.5) is 0 Å². The fraction of sp³-hybridized carbons (Fsp3) is 0.433. The van der Waals surface area contributed by atoms with Crippen molar-refractivity contribution in [3.63, 3.8) is 0 Å². The standard InChI is InChI=1S/C30H38N2O6/c1-21-7-10-24(11-8-21)25(18-30(35)36)31(19-22-5-3-4-6-22)20-23-9-12-26(27(17-23)37-2)38-16-15-32-28(33)13-14-29(32)34/h7-14,17,22,25,33-34H,3-6,15-16,18-20H2,1-2H3,(H,35,36). The van der Waals surface area contributed by atoms with E-state index < -0.39 is 5.97 Å². The van der Waals surface area contributed by atoms with Crippen molar-refractivity contribution in [2.75, 3.05) is 20.3 Å². The van der Waals surface area contributed by atoms with Crippen LogP contribution in [0.5, 0.6) is 23.3 Å². The molecule has 1 aliphatic rings. The Balaban J connectivity index is 1.53. The Bertz CT molecular complexity index is 1180. The number of rotatable bonds is 13. The first-order valence-corrected chi connectivity index (χ1v) is 13.2. The third-order valence-electron chi connectivity index (χ3n) is 7.36. The number of benzene rings is 2. The zero-order valence-corrected chi connectivity index (χ0v) is 22.2. The van der Waals surface area contributed by atoms with Crippen LogP contribution < -0.4 is 9.47 Å². The van der Waals surface area contributed by atoms with E-state index in [1.165, 1.54) is 42.4 Å². The molecule has 1 unspecified atom stereocenters. The summed E-state index contributed by atoms with van der Waals surface area (Å²) in [5, 5.41) is 29.4. The molecule has 38 heavy (non-hydrogen) atoms. The number of hydrogen-bond donors (Lipinski definition) is 3.